The second-order valence-electron chi connectivity index (χ2n) is 6.62. The minimum atomic E-state index is -0.153. The van der Waals surface area contributed by atoms with Crippen LogP contribution >= 0.6 is 0 Å². The molecule has 4 rings (SSSR count). The van der Waals surface area contributed by atoms with Gasteiger partial charge >= 0.3 is 0 Å². The lowest BCUT2D eigenvalue weighted by Gasteiger charge is -2.16. The van der Waals surface area contributed by atoms with Crippen LogP contribution in [-0.4, -0.2) is 48.8 Å². The molecule has 0 atom stereocenters. The fourth-order valence-electron chi connectivity index (χ4n) is 3.19. The molecule has 0 spiro atoms. The van der Waals surface area contributed by atoms with E-state index in [1.807, 2.05) is 24.3 Å². The first-order valence-electron chi connectivity index (χ1n) is 9.44. The first-order valence-corrected chi connectivity index (χ1v) is 9.44. The van der Waals surface area contributed by atoms with E-state index < -0.39 is 0 Å². The van der Waals surface area contributed by atoms with E-state index in [0.29, 0.717) is 18.8 Å². The maximum Gasteiger partial charge on any atom is 0.244 e. The molecule has 0 saturated carbocycles. The number of fused-ring (bicyclic) bond motifs is 1. The maximum absolute atomic E-state index is 12.0. The number of nitrogens with one attached hydrogen (secondary N) is 2. The molecule has 1 fully saturated rings. The number of hydrogen-bond donors (Lipinski definition) is 2. The molecule has 2 aliphatic rings. The summed E-state index contributed by atoms with van der Waals surface area (Å²) < 4.78 is 10.6. The number of rotatable bonds is 7. The van der Waals surface area contributed by atoms with Gasteiger partial charge in [0.15, 0.2) is 11.5 Å². The molecule has 146 valence electrons. The highest BCUT2D eigenvalue weighted by molar-refractivity contribution is 5.91. The Morgan fingerprint density at radius 1 is 1.11 bits per heavy atom. The number of amides is 1. The largest absolute Gasteiger partial charge is 0.454 e. The summed E-state index contributed by atoms with van der Waals surface area (Å²) in [5, 5.41) is 6.07. The van der Waals surface area contributed by atoms with Crippen molar-refractivity contribution >= 4 is 23.6 Å². The van der Waals surface area contributed by atoms with Gasteiger partial charge < -0.3 is 25.0 Å². The third kappa shape index (κ3) is 4.51. The van der Waals surface area contributed by atoms with Crippen molar-refractivity contribution in [3.63, 3.8) is 0 Å². The van der Waals surface area contributed by atoms with Crippen LogP contribution in [0.2, 0.25) is 0 Å². The van der Waals surface area contributed by atoms with Crippen LogP contribution in [0.15, 0.2) is 36.7 Å². The third-order valence-electron chi connectivity index (χ3n) is 4.64. The molecular formula is C20H23N5O3. The molecule has 8 nitrogen and oxygen atoms in total. The summed E-state index contributed by atoms with van der Waals surface area (Å²) in [6, 6.07) is 7.52. The second kappa shape index (κ2) is 8.60. The van der Waals surface area contributed by atoms with Gasteiger partial charge in [0.1, 0.15) is 18.0 Å². The third-order valence-corrected chi connectivity index (χ3v) is 4.64. The lowest BCUT2D eigenvalue weighted by molar-refractivity contribution is -0.116. The van der Waals surface area contributed by atoms with Gasteiger partial charge in [-0.3, -0.25) is 4.79 Å². The van der Waals surface area contributed by atoms with Crippen LogP contribution in [0.3, 0.4) is 0 Å². The Bertz CT molecular complexity index is 865. The smallest absolute Gasteiger partial charge is 0.244 e. The van der Waals surface area contributed by atoms with Crippen LogP contribution in [0.1, 0.15) is 18.4 Å². The molecule has 3 heterocycles. The summed E-state index contributed by atoms with van der Waals surface area (Å²) in [4.78, 5) is 22.8. The van der Waals surface area contributed by atoms with Crippen LogP contribution in [0.4, 0.5) is 11.6 Å². The van der Waals surface area contributed by atoms with Gasteiger partial charge in [0, 0.05) is 38.3 Å². The molecule has 0 unspecified atom stereocenters. The monoisotopic (exact) mass is 381 g/mol. The molecule has 2 N–H and O–H groups in total. The minimum absolute atomic E-state index is 0.153. The number of carbonyl (C=O) groups excluding carboxylic acids is 1. The van der Waals surface area contributed by atoms with Crippen LogP contribution in [-0.2, 0) is 4.79 Å². The predicted octanol–water partition coefficient (Wildman–Crippen LogP) is 2.05. The molecule has 28 heavy (non-hydrogen) atoms. The summed E-state index contributed by atoms with van der Waals surface area (Å²) >= 11 is 0. The standard InChI is InChI=1S/C20H23N5O3/c26-20(6-4-15-3-5-16-17(11-15)28-14-27-16)22-8-7-21-18-12-19(24-13-23-18)25-9-1-2-10-25/h3-6,11-13H,1-2,7-10,14H2,(H,22,26)(H,21,23,24)/b6-4+. The molecule has 0 bridgehead atoms. The van der Waals surface area contributed by atoms with E-state index in [2.05, 4.69) is 25.5 Å². The Morgan fingerprint density at radius 3 is 2.86 bits per heavy atom. The molecule has 1 aromatic heterocycles. The fraction of sp³-hybridized carbons (Fsp3) is 0.350. The lowest BCUT2D eigenvalue weighted by Crippen LogP contribution is -2.27. The first-order chi connectivity index (χ1) is 13.8. The Morgan fingerprint density at radius 2 is 1.96 bits per heavy atom. The van der Waals surface area contributed by atoms with Gasteiger partial charge in [-0.2, -0.15) is 0 Å². The van der Waals surface area contributed by atoms with Crippen LogP contribution in [0.25, 0.3) is 6.08 Å². The molecule has 1 aromatic carbocycles. The summed E-state index contributed by atoms with van der Waals surface area (Å²) in [5.74, 6) is 2.99. The number of carbonyl (C=O) groups is 1. The molecule has 8 heteroatoms. The van der Waals surface area contributed by atoms with E-state index >= 15 is 0 Å². The summed E-state index contributed by atoms with van der Waals surface area (Å²) in [7, 11) is 0. The maximum atomic E-state index is 12.0. The van der Waals surface area contributed by atoms with Crippen molar-refractivity contribution in [1.82, 2.24) is 15.3 Å². The van der Waals surface area contributed by atoms with E-state index in [4.69, 9.17) is 9.47 Å². The number of ether oxygens (including phenoxy) is 2. The van der Waals surface area contributed by atoms with Gasteiger partial charge in [0.25, 0.3) is 0 Å². The van der Waals surface area contributed by atoms with Crippen molar-refractivity contribution in [2.24, 2.45) is 0 Å². The molecule has 1 amide bonds. The average Bonchev–Trinajstić information content (AvgIpc) is 3.41. The fourth-order valence-corrected chi connectivity index (χ4v) is 3.19. The van der Waals surface area contributed by atoms with E-state index in [9.17, 15) is 4.79 Å². The van der Waals surface area contributed by atoms with Crippen molar-refractivity contribution in [2.45, 2.75) is 12.8 Å². The van der Waals surface area contributed by atoms with Gasteiger partial charge in [-0.25, -0.2) is 9.97 Å². The number of anilines is 2. The van der Waals surface area contributed by atoms with Crippen LogP contribution in [0.5, 0.6) is 11.5 Å². The Kier molecular flexibility index (Phi) is 5.56. The highest BCUT2D eigenvalue weighted by Crippen LogP contribution is 2.32. The van der Waals surface area contributed by atoms with Gasteiger partial charge in [-0.15, -0.1) is 0 Å². The summed E-state index contributed by atoms with van der Waals surface area (Å²) in [6.45, 7) is 3.40. The Balaban J connectivity index is 1.21. The van der Waals surface area contributed by atoms with E-state index in [1.165, 1.54) is 18.9 Å². The van der Waals surface area contributed by atoms with Crippen LogP contribution in [0, 0.1) is 0 Å². The number of hydrogen-bond acceptors (Lipinski definition) is 7. The topological polar surface area (TPSA) is 88.6 Å². The normalized spacial score (nSPS) is 15.2. The van der Waals surface area contributed by atoms with Crippen molar-refractivity contribution in [3.05, 3.63) is 42.2 Å². The van der Waals surface area contributed by atoms with Crippen molar-refractivity contribution in [1.29, 1.82) is 0 Å². The first kappa shape index (κ1) is 18.1. The van der Waals surface area contributed by atoms with Gasteiger partial charge in [0.05, 0.1) is 0 Å². The average molecular weight is 381 g/mol. The molecular weight excluding hydrogens is 358 g/mol. The molecule has 0 aliphatic carbocycles. The molecule has 2 aromatic rings. The highest BCUT2D eigenvalue weighted by atomic mass is 16.7. The van der Waals surface area contributed by atoms with Crippen molar-refractivity contribution in [2.75, 3.05) is 43.2 Å². The summed E-state index contributed by atoms with van der Waals surface area (Å²) in [5.41, 5.74) is 0.882. The minimum Gasteiger partial charge on any atom is -0.454 e. The van der Waals surface area contributed by atoms with E-state index in [1.54, 1.807) is 12.4 Å². The second-order valence-corrected chi connectivity index (χ2v) is 6.62. The zero-order valence-electron chi connectivity index (χ0n) is 15.6. The number of nitrogens with zero attached hydrogens (tertiary/aromatic N) is 3. The quantitative estimate of drug-likeness (QED) is 0.560. The summed E-state index contributed by atoms with van der Waals surface area (Å²) in [6.07, 6.45) is 7.24. The van der Waals surface area contributed by atoms with E-state index in [-0.39, 0.29) is 12.7 Å². The van der Waals surface area contributed by atoms with Gasteiger partial charge in [0.2, 0.25) is 12.7 Å². The Labute approximate surface area is 163 Å². The van der Waals surface area contributed by atoms with Crippen molar-refractivity contribution < 1.29 is 14.3 Å². The SMILES string of the molecule is O=C(/C=C/c1ccc2c(c1)OCO2)NCCNc1cc(N2CCCC2)ncn1. The Hall–Kier alpha value is -3.29. The predicted molar refractivity (Wildman–Crippen MR) is 107 cm³/mol. The van der Waals surface area contributed by atoms with Gasteiger partial charge in [-0.1, -0.05) is 6.07 Å². The zero-order chi connectivity index (χ0) is 19.2. The number of benzene rings is 1. The van der Waals surface area contributed by atoms with Crippen molar-refractivity contribution in [3.8, 4) is 11.5 Å². The molecule has 0 radical (unpaired) electrons. The van der Waals surface area contributed by atoms with E-state index in [0.717, 1.165) is 36.0 Å². The number of aromatic nitrogens is 2. The van der Waals surface area contributed by atoms with Gasteiger partial charge in [-0.05, 0) is 36.6 Å². The van der Waals surface area contributed by atoms with Crippen LogP contribution < -0.4 is 25.0 Å². The lowest BCUT2D eigenvalue weighted by atomic mass is 10.2. The highest BCUT2D eigenvalue weighted by Gasteiger charge is 2.14. The molecule has 2 aliphatic heterocycles. The zero-order valence-corrected chi connectivity index (χ0v) is 15.6. The molecule has 1 saturated heterocycles.